The lowest BCUT2D eigenvalue weighted by Crippen LogP contribution is -2.51. The van der Waals surface area contributed by atoms with Crippen molar-refractivity contribution in [1.82, 2.24) is 19.8 Å². The molecule has 1 saturated heterocycles. The molecule has 0 aromatic carbocycles. The Morgan fingerprint density at radius 1 is 1.17 bits per heavy atom. The van der Waals surface area contributed by atoms with Gasteiger partial charge in [-0.15, -0.1) is 0 Å². The molecule has 0 unspecified atom stereocenters. The van der Waals surface area contributed by atoms with E-state index in [0.717, 1.165) is 13.0 Å². The molecule has 0 aliphatic carbocycles. The van der Waals surface area contributed by atoms with Crippen molar-refractivity contribution in [3.05, 3.63) is 0 Å². The third kappa shape index (κ3) is 7.93. The summed E-state index contributed by atoms with van der Waals surface area (Å²) in [6.45, 7) is 12.5. The molecule has 7 nitrogen and oxygen atoms in total. The maximum absolute atomic E-state index is 12.7. The van der Waals surface area contributed by atoms with Crippen LogP contribution in [0.4, 0.5) is 13.2 Å². The van der Waals surface area contributed by atoms with Gasteiger partial charge in [-0.2, -0.15) is 17.5 Å². The number of guanidine groups is 1. The van der Waals surface area contributed by atoms with Crippen molar-refractivity contribution in [2.45, 2.75) is 77.5 Å². The number of rotatable bonds is 9. The van der Waals surface area contributed by atoms with Gasteiger partial charge in [-0.3, -0.25) is 9.89 Å². The molecule has 1 rings (SSSR count). The van der Waals surface area contributed by atoms with Crippen LogP contribution in [0.15, 0.2) is 4.99 Å². The molecule has 0 amide bonds. The van der Waals surface area contributed by atoms with Gasteiger partial charge >= 0.3 is 15.5 Å². The van der Waals surface area contributed by atoms with Crippen LogP contribution in [0.1, 0.15) is 53.9 Å². The zero-order chi connectivity index (χ0) is 22.2. The van der Waals surface area contributed by atoms with Crippen molar-refractivity contribution in [2.24, 2.45) is 4.99 Å². The Bertz CT molecular complexity index is 607. The van der Waals surface area contributed by atoms with Gasteiger partial charge < -0.3 is 10.6 Å². The number of hydrogen-bond acceptors (Lipinski definition) is 4. The van der Waals surface area contributed by atoms with E-state index < -0.39 is 15.5 Å². The summed E-state index contributed by atoms with van der Waals surface area (Å²) in [7, 11) is -5.25. The number of alkyl halides is 3. The molecule has 172 valence electrons. The van der Waals surface area contributed by atoms with E-state index >= 15 is 0 Å². The summed E-state index contributed by atoms with van der Waals surface area (Å²) >= 11 is 0. The van der Waals surface area contributed by atoms with Crippen LogP contribution in [-0.4, -0.2) is 79.9 Å². The molecule has 0 spiro atoms. The Morgan fingerprint density at radius 3 is 2.17 bits per heavy atom. The van der Waals surface area contributed by atoms with Gasteiger partial charge in [-0.25, -0.2) is 8.42 Å². The Labute approximate surface area is 173 Å². The largest absolute Gasteiger partial charge is 0.511 e. The van der Waals surface area contributed by atoms with E-state index in [2.05, 4.69) is 48.2 Å². The summed E-state index contributed by atoms with van der Waals surface area (Å²) in [6.07, 6.45) is 1.50. The lowest BCUT2D eigenvalue weighted by atomic mass is 10.1. The molecule has 1 fully saturated rings. The summed E-state index contributed by atoms with van der Waals surface area (Å²) in [4.78, 5) is 6.96. The standard InChI is InChI=1S/C18H36F3N5O2S/c1-6-22-17(23-10-7-11-26(14(2)3)15(4)5)24-16-8-12-25(13-9-16)29(27,28)18(19,20)21/h14-16H,6-13H2,1-5H3,(H2,22,23,24). The smallest absolute Gasteiger partial charge is 0.357 e. The minimum absolute atomic E-state index is 0.115. The number of piperidine rings is 1. The van der Waals surface area contributed by atoms with Crippen molar-refractivity contribution in [3.63, 3.8) is 0 Å². The van der Waals surface area contributed by atoms with Crippen LogP contribution >= 0.6 is 0 Å². The minimum atomic E-state index is -5.25. The van der Waals surface area contributed by atoms with Crippen molar-refractivity contribution in [2.75, 3.05) is 32.7 Å². The molecular formula is C18H36F3N5O2S. The zero-order valence-electron chi connectivity index (χ0n) is 18.1. The molecule has 0 saturated carbocycles. The van der Waals surface area contributed by atoms with E-state index in [1.807, 2.05) is 6.92 Å². The summed E-state index contributed by atoms with van der Waals surface area (Å²) in [5.41, 5.74) is -5.25. The monoisotopic (exact) mass is 443 g/mol. The fraction of sp³-hybridized carbons (Fsp3) is 0.944. The molecule has 29 heavy (non-hydrogen) atoms. The maximum Gasteiger partial charge on any atom is 0.511 e. The van der Waals surface area contributed by atoms with E-state index in [4.69, 9.17) is 0 Å². The van der Waals surface area contributed by atoms with Crippen LogP contribution in [0.25, 0.3) is 0 Å². The number of halogens is 3. The molecule has 0 radical (unpaired) electrons. The van der Waals surface area contributed by atoms with E-state index in [1.54, 1.807) is 0 Å². The zero-order valence-corrected chi connectivity index (χ0v) is 18.9. The summed E-state index contributed by atoms with van der Waals surface area (Å²) in [5, 5.41) is 6.37. The fourth-order valence-corrected chi connectivity index (χ4v) is 4.44. The van der Waals surface area contributed by atoms with Crippen LogP contribution in [0, 0.1) is 0 Å². The first kappa shape index (κ1) is 26.0. The van der Waals surface area contributed by atoms with Gasteiger partial charge in [-0.05, 0) is 53.9 Å². The lowest BCUT2D eigenvalue weighted by molar-refractivity contribution is -0.0494. The average Bonchev–Trinajstić information content (AvgIpc) is 2.60. The third-order valence-electron chi connectivity index (χ3n) is 4.94. The highest BCUT2D eigenvalue weighted by Gasteiger charge is 2.50. The SMILES string of the molecule is CCNC(=NCCCN(C(C)C)C(C)C)NC1CCN(S(=O)(=O)C(F)(F)F)CC1. The second kappa shape index (κ2) is 11.4. The van der Waals surface area contributed by atoms with Gasteiger partial charge in [0.25, 0.3) is 0 Å². The summed E-state index contributed by atoms with van der Waals surface area (Å²) < 4.78 is 61.6. The molecule has 0 aromatic heterocycles. The van der Waals surface area contributed by atoms with Crippen molar-refractivity contribution >= 4 is 16.0 Å². The molecule has 2 N–H and O–H groups in total. The number of sulfonamides is 1. The first-order chi connectivity index (χ1) is 13.4. The molecule has 0 aromatic rings. The molecule has 11 heteroatoms. The maximum atomic E-state index is 12.7. The number of nitrogens with one attached hydrogen (secondary N) is 2. The summed E-state index contributed by atoms with van der Waals surface area (Å²) in [6, 6.07) is 0.808. The molecule has 1 aliphatic rings. The van der Waals surface area contributed by atoms with Gasteiger partial charge in [0.15, 0.2) is 5.96 Å². The van der Waals surface area contributed by atoms with Gasteiger partial charge in [0.05, 0.1) is 0 Å². The number of hydrogen-bond donors (Lipinski definition) is 2. The first-order valence-corrected chi connectivity index (χ1v) is 11.7. The normalized spacial score (nSPS) is 18.1. The van der Waals surface area contributed by atoms with Gasteiger partial charge in [0.1, 0.15) is 0 Å². The second-order valence-corrected chi connectivity index (χ2v) is 9.74. The Kier molecular flexibility index (Phi) is 10.2. The molecule has 1 heterocycles. The van der Waals surface area contributed by atoms with Crippen LogP contribution in [0.3, 0.4) is 0 Å². The predicted octanol–water partition coefficient (Wildman–Crippen LogP) is 2.36. The Hall–Kier alpha value is -1.07. The Morgan fingerprint density at radius 2 is 1.72 bits per heavy atom. The summed E-state index contributed by atoms with van der Waals surface area (Å²) in [5.74, 6) is 0.616. The predicted molar refractivity (Wildman–Crippen MR) is 110 cm³/mol. The molecule has 0 bridgehead atoms. The van der Waals surface area contributed by atoms with E-state index in [-0.39, 0.29) is 19.1 Å². The molecular weight excluding hydrogens is 407 g/mol. The van der Waals surface area contributed by atoms with Gasteiger partial charge in [0, 0.05) is 50.8 Å². The van der Waals surface area contributed by atoms with Crippen molar-refractivity contribution in [3.8, 4) is 0 Å². The fourth-order valence-electron chi connectivity index (χ4n) is 3.46. The number of nitrogens with zero attached hydrogens (tertiary/aromatic N) is 3. The topological polar surface area (TPSA) is 77.0 Å². The van der Waals surface area contributed by atoms with Gasteiger partial charge in [0.2, 0.25) is 0 Å². The van der Waals surface area contributed by atoms with E-state index in [9.17, 15) is 21.6 Å². The van der Waals surface area contributed by atoms with Crippen LogP contribution < -0.4 is 10.6 Å². The van der Waals surface area contributed by atoms with Crippen molar-refractivity contribution in [1.29, 1.82) is 0 Å². The van der Waals surface area contributed by atoms with Gasteiger partial charge in [-0.1, -0.05) is 0 Å². The highest BCUT2D eigenvalue weighted by atomic mass is 32.2. The van der Waals surface area contributed by atoms with Crippen LogP contribution in [0.2, 0.25) is 0 Å². The quantitative estimate of drug-likeness (QED) is 0.325. The van der Waals surface area contributed by atoms with E-state index in [0.29, 0.717) is 48.3 Å². The highest BCUT2D eigenvalue weighted by Crippen LogP contribution is 2.28. The Balaban J connectivity index is 2.55. The van der Waals surface area contributed by atoms with Crippen LogP contribution in [-0.2, 0) is 10.0 Å². The third-order valence-corrected chi connectivity index (χ3v) is 6.57. The minimum Gasteiger partial charge on any atom is -0.357 e. The van der Waals surface area contributed by atoms with E-state index in [1.165, 1.54) is 0 Å². The highest BCUT2D eigenvalue weighted by molar-refractivity contribution is 7.90. The number of aliphatic imine (C=N–C) groups is 1. The van der Waals surface area contributed by atoms with Crippen LogP contribution in [0.5, 0.6) is 0 Å². The molecule has 1 aliphatic heterocycles. The second-order valence-electron chi connectivity index (χ2n) is 7.81. The molecule has 0 atom stereocenters. The lowest BCUT2D eigenvalue weighted by Gasteiger charge is -2.32. The average molecular weight is 444 g/mol. The van der Waals surface area contributed by atoms with Crippen molar-refractivity contribution < 1.29 is 21.6 Å². The first-order valence-electron chi connectivity index (χ1n) is 10.3.